The van der Waals surface area contributed by atoms with Gasteiger partial charge >= 0.3 is 0 Å². The lowest BCUT2D eigenvalue weighted by atomic mass is 9.85. The van der Waals surface area contributed by atoms with E-state index >= 15 is 0 Å². The van der Waals surface area contributed by atoms with Crippen molar-refractivity contribution in [3.05, 3.63) is 34.6 Å². The number of aryl methyl sites for hydroxylation is 2. The number of hydrogen-bond donors (Lipinski definition) is 1. The van der Waals surface area contributed by atoms with Gasteiger partial charge in [-0.3, -0.25) is 0 Å². The minimum atomic E-state index is -0.0839. The Kier molecular flexibility index (Phi) is 4.31. The molecule has 1 unspecified atom stereocenters. The van der Waals surface area contributed by atoms with Gasteiger partial charge in [0, 0.05) is 6.04 Å². The van der Waals surface area contributed by atoms with Gasteiger partial charge in [0.1, 0.15) is 5.82 Å². The van der Waals surface area contributed by atoms with E-state index < -0.39 is 0 Å². The smallest absolute Gasteiger partial charge is 0.129 e. The van der Waals surface area contributed by atoms with E-state index in [1.165, 1.54) is 5.56 Å². The fourth-order valence-electron chi connectivity index (χ4n) is 2.18. The number of nitrogens with one attached hydrogen (secondary N) is 1. The Morgan fingerprint density at radius 2 is 1.65 bits per heavy atom. The van der Waals surface area contributed by atoms with Crippen molar-refractivity contribution >= 4 is 0 Å². The zero-order chi connectivity index (χ0) is 13.2. The molecule has 0 amide bonds. The van der Waals surface area contributed by atoms with Crippen LogP contribution in [0.3, 0.4) is 0 Å². The van der Waals surface area contributed by atoms with Crippen molar-refractivity contribution in [2.75, 3.05) is 7.05 Å². The van der Waals surface area contributed by atoms with Crippen LogP contribution in [-0.4, -0.2) is 7.05 Å². The van der Waals surface area contributed by atoms with Crippen LogP contribution in [0.2, 0.25) is 0 Å². The van der Waals surface area contributed by atoms with E-state index in [4.69, 9.17) is 0 Å². The lowest BCUT2D eigenvalue weighted by Crippen LogP contribution is -2.22. The van der Waals surface area contributed by atoms with E-state index in [0.29, 0.717) is 0 Å². The maximum absolute atomic E-state index is 13.6. The molecule has 0 saturated carbocycles. The third-order valence-electron chi connectivity index (χ3n) is 3.03. The van der Waals surface area contributed by atoms with Gasteiger partial charge in [0.05, 0.1) is 0 Å². The molecule has 1 rings (SSSR count). The summed E-state index contributed by atoms with van der Waals surface area (Å²) in [6, 6.07) is 4.19. The van der Waals surface area contributed by atoms with Crippen molar-refractivity contribution in [2.45, 2.75) is 47.1 Å². The molecule has 0 fully saturated rings. The zero-order valence-electron chi connectivity index (χ0n) is 11.8. The molecule has 2 heteroatoms. The third-order valence-corrected chi connectivity index (χ3v) is 3.03. The lowest BCUT2D eigenvalue weighted by molar-refractivity contribution is 0.320. The van der Waals surface area contributed by atoms with E-state index in [0.717, 1.165) is 17.5 Å². The molecular weight excluding hydrogens is 213 g/mol. The van der Waals surface area contributed by atoms with Crippen molar-refractivity contribution in [2.24, 2.45) is 5.41 Å². The van der Waals surface area contributed by atoms with Gasteiger partial charge in [-0.1, -0.05) is 32.9 Å². The number of halogens is 1. The minimum absolute atomic E-state index is 0.0839. The number of benzene rings is 1. The molecule has 0 aliphatic carbocycles. The van der Waals surface area contributed by atoms with Crippen LogP contribution < -0.4 is 5.32 Å². The van der Waals surface area contributed by atoms with Gasteiger partial charge in [-0.25, -0.2) is 4.39 Å². The SMILES string of the molecule is CNC(CC(C)(C)C)c1cc(C)c(F)c(C)c1. The normalized spacial score (nSPS) is 13.8. The topological polar surface area (TPSA) is 12.0 Å². The van der Waals surface area contributed by atoms with Crippen molar-refractivity contribution in [1.29, 1.82) is 0 Å². The Morgan fingerprint density at radius 1 is 1.18 bits per heavy atom. The van der Waals surface area contributed by atoms with E-state index in [9.17, 15) is 4.39 Å². The first kappa shape index (κ1) is 14.2. The Hall–Kier alpha value is -0.890. The summed E-state index contributed by atoms with van der Waals surface area (Å²) in [6.45, 7) is 10.3. The van der Waals surface area contributed by atoms with Crippen LogP contribution in [0.5, 0.6) is 0 Å². The third kappa shape index (κ3) is 3.81. The highest BCUT2D eigenvalue weighted by Gasteiger charge is 2.20. The first-order valence-corrected chi connectivity index (χ1v) is 6.18. The van der Waals surface area contributed by atoms with Crippen LogP contribution in [0.4, 0.5) is 4.39 Å². The van der Waals surface area contributed by atoms with Crippen molar-refractivity contribution in [1.82, 2.24) is 5.32 Å². The molecule has 0 radical (unpaired) electrons. The second kappa shape index (κ2) is 5.18. The predicted octanol–water partition coefficient (Wildman–Crippen LogP) is 4.14. The number of rotatable bonds is 3. The highest BCUT2D eigenvalue weighted by molar-refractivity contribution is 5.32. The highest BCUT2D eigenvalue weighted by Crippen LogP contribution is 2.30. The van der Waals surface area contributed by atoms with Gasteiger partial charge in [-0.15, -0.1) is 0 Å². The summed E-state index contributed by atoms with van der Waals surface area (Å²) in [6.07, 6.45) is 1.04. The van der Waals surface area contributed by atoms with E-state index in [-0.39, 0.29) is 17.3 Å². The highest BCUT2D eigenvalue weighted by atomic mass is 19.1. The van der Waals surface area contributed by atoms with Gasteiger partial charge in [0.15, 0.2) is 0 Å². The van der Waals surface area contributed by atoms with E-state index in [1.54, 1.807) is 0 Å². The van der Waals surface area contributed by atoms with Gasteiger partial charge < -0.3 is 5.32 Å². The Labute approximate surface area is 104 Å². The molecule has 0 aliphatic heterocycles. The molecule has 1 aromatic carbocycles. The summed E-state index contributed by atoms with van der Waals surface area (Å²) >= 11 is 0. The molecule has 1 aromatic rings. The molecule has 1 atom stereocenters. The van der Waals surface area contributed by atoms with Gasteiger partial charge in [-0.2, -0.15) is 0 Å². The first-order chi connectivity index (χ1) is 7.74. The first-order valence-electron chi connectivity index (χ1n) is 6.18. The van der Waals surface area contributed by atoms with Gasteiger partial charge in [0.25, 0.3) is 0 Å². The summed E-state index contributed by atoms with van der Waals surface area (Å²) in [5.74, 6) is -0.0839. The molecule has 1 N–H and O–H groups in total. The molecular formula is C15H24FN. The maximum Gasteiger partial charge on any atom is 0.129 e. The molecule has 0 heterocycles. The second-order valence-electron chi connectivity index (χ2n) is 6.07. The van der Waals surface area contributed by atoms with Gasteiger partial charge in [0.2, 0.25) is 0 Å². The molecule has 0 aromatic heterocycles. The summed E-state index contributed by atoms with van der Waals surface area (Å²) in [5, 5.41) is 3.33. The Bertz CT molecular complexity index is 367. The molecule has 96 valence electrons. The van der Waals surface area contributed by atoms with E-state index in [1.807, 2.05) is 33.0 Å². The van der Waals surface area contributed by atoms with Crippen LogP contribution in [0.15, 0.2) is 12.1 Å². The quantitative estimate of drug-likeness (QED) is 0.833. The second-order valence-corrected chi connectivity index (χ2v) is 6.07. The fraction of sp³-hybridized carbons (Fsp3) is 0.600. The predicted molar refractivity (Wildman–Crippen MR) is 71.7 cm³/mol. The largest absolute Gasteiger partial charge is 0.313 e. The Balaban J connectivity index is 3.05. The fourth-order valence-corrected chi connectivity index (χ4v) is 2.18. The maximum atomic E-state index is 13.6. The standard InChI is InChI=1S/C15H24FN/c1-10-7-12(8-11(2)14(10)16)13(17-6)9-15(3,4)5/h7-8,13,17H,9H2,1-6H3. The minimum Gasteiger partial charge on any atom is -0.313 e. The molecule has 0 aliphatic rings. The summed E-state index contributed by atoms with van der Waals surface area (Å²) in [5.41, 5.74) is 2.89. The summed E-state index contributed by atoms with van der Waals surface area (Å²) in [4.78, 5) is 0. The van der Waals surface area contributed by atoms with Crippen LogP contribution in [-0.2, 0) is 0 Å². The zero-order valence-corrected chi connectivity index (χ0v) is 11.8. The Morgan fingerprint density at radius 3 is 2.00 bits per heavy atom. The van der Waals surface area contributed by atoms with Crippen molar-refractivity contribution < 1.29 is 4.39 Å². The summed E-state index contributed by atoms with van der Waals surface area (Å²) < 4.78 is 13.6. The molecule has 1 nitrogen and oxygen atoms in total. The van der Waals surface area contributed by atoms with Crippen molar-refractivity contribution in [3.8, 4) is 0 Å². The van der Waals surface area contributed by atoms with Crippen LogP contribution >= 0.6 is 0 Å². The molecule has 0 bridgehead atoms. The van der Waals surface area contributed by atoms with Crippen LogP contribution in [0, 0.1) is 25.1 Å². The molecule has 0 spiro atoms. The average Bonchev–Trinajstić information content (AvgIpc) is 2.20. The van der Waals surface area contributed by atoms with Crippen molar-refractivity contribution in [3.63, 3.8) is 0 Å². The summed E-state index contributed by atoms with van der Waals surface area (Å²) in [7, 11) is 1.96. The van der Waals surface area contributed by atoms with Crippen LogP contribution in [0.1, 0.15) is 49.9 Å². The lowest BCUT2D eigenvalue weighted by Gasteiger charge is -2.26. The molecule has 0 saturated heterocycles. The molecule has 17 heavy (non-hydrogen) atoms. The number of hydrogen-bond acceptors (Lipinski definition) is 1. The average molecular weight is 237 g/mol. The van der Waals surface area contributed by atoms with Crippen LogP contribution in [0.25, 0.3) is 0 Å². The van der Waals surface area contributed by atoms with Gasteiger partial charge in [-0.05, 0) is 49.4 Å². The van der Waals surface area contributed by atoms with E-state index in [2.05, 4.69) is 26.1 Å². The monoisotopic (exact) mass is 237 g/mol.